The predicted octanol–water partition coefficient (Wildman–Crippen LogP) is 2.18. The molecular formula is C15H23N3O2S. The van der Waals surface area contributed by atoms with E-state index in [1.807, 2.05) is 22.8 Å². The molecule has 0 bridgehead atoms. The van der Waals surface area contributed by atoms with Crippen LogP contribution in [-0.2, 0) is 27.7 Å². The topological polar surface area (TPSA) is 78.0 Å². The van der Waals surface area contributed by atoms with E-state index in [0.717, 1.165) is 29.6 Å². The summed E-state index contributed by atoms with van der Waals surface area (Å²) in [6.07, 6.45) is 2.17. The summed E-state index contributed by atoms with van der Waals surface area (Å²) in [6, 6.07) is 5.87. The van der Waals surface area contributed by atoms with Crippen molar-refractivity contribution in [3.63, 3.8) is 0 Å². The number of imidazole rings is 1. The Morgan fingerprint density at radius 1 is 1.33 bits per heavy atom. The summed E-state index contributed by atoms with van der Waals surface area (Å²) in [7, 11) is -3.27. The van der Waals surface area contributed by atoms with Crippen molar-refractivity contribution in [1.29, 1.82) is 0 Å². The number of hydrogen-bond acceptors (Lipinski definition) is 4. The number of nitrogens with two attached hydrogens (primary N) is 1. The van der Waals surface area contributed by atoms with Gasteiger partial charge in [0.15, 0.2) is 9.84 Å². The summed E-state index contributed by atoms with van der Waals surface area (Å²) in [5.74, 6) is 0.594. The lowest BCUT2D eigenvalue weighted by molar-refractivity contribution is 0.529. The third-order valence-electron chi connectivity index (χ3n) is 3.96. The van der Waals surface area contributed by atoms with Crippen molar-refractivity contribution in [3.8, 4) is 0 Å². The summed E-state index contributed by atoms with van der Waals surface area (Å²) >= 11 is 0. The number of sulfone groups is 1. The molecule has 0 unspecified atom stereocenters. The van der Waals surface area contributed by atoms with Crippen LogP contribution in [0.15, 0.2) is 18.2 Å². The van der Waals surface area contributed by atoms with Gasteiger partial charge in [0.05, 0.1) is 11.0 Å². The van der Waals surface area contributed by atoms with E-state index < -0.39 is 14.6 Å². The first kappa shape index (κ1) is 16.0. The first-order valence-electron chi connectivity index (χ1n) is 7.11. The molecule has 1 heterocycles. The highest BCUT2D eigenvalue weighted by Gasteiger charge is 2.37. The van der Waals surface area contributed by atoms with Crippen molar-refractivity contribution in [2.45, 2.75) is 45.0 Å². The predicted molar refractivity (Wildman–Crippen MR) is 85.8 cm³/mol. The second-order valence-corrected chi connectivity index (χ2v) is 8.46. The van der Waals surface area contributed by atoms with Crippen LogP contribution in [0.3, 0.4) is 0 Å². The first-order valence-corrected chi connectivity index (χ1v) is 9.00. The van der Waals surface area contributed by atoms with Crippen LogP contribution in [0.1, 0.15) is 38.6 Å². The molecule has 0 aliphatic heterocycles. The van der Waals surface area contributed by atoms with Crippen LogP contribution in [0.25, 0.3) is 11.0 Å². The van der Waals surface area contributed by atoms with Crippen LogP contribution in [0.5, 0.6) is 0 Å². The van der Waals surface area contributed by atoms with Crippen LogP contribution in [0.4, 0.5) is 0 Å². The maximum Gasteiger partial charge on any atom is 0.159 e. The summed E-state index contributed by atoms with van der Waals surface area (Å²) in [6.45, 7) is 6.67. The Bertz CT molecular complexity index is 761. The molecule has 1 aromatic heterocycles. The van der Waals surface area contributed by atoms with Crippen LogP contribution in [-0.4, -0.2) is 24.2 Å². The molecule has 1 aromatic carbocycles. The van der Waals surface area contributed by atoms with Gasteiger partial charge < -0.3 is 10.3 Å². The van der Waals surface area contributed by atoms with Gasteiger partial charge >= 0.3 is 0 Å². The number of nitrogens with zero attached hydrogens (tertiary/aromatic N) is 2. The van der Waals surface area contributed by atoms with Crippen LogP contribution < -0.4 is 5.73 Å². The lowest BCUT2D eigenvalue weighted by Crippen LogP contribution is -2.31. The van der Waals surface area contributed by atoms with Gasteiger partial charge in [-0.15, -0.1) is 0 Å². The monoisotopic (exact) mass is 309 g/mol. The van der Waals surface area contributed by atoms with Gasteiger partial charge in [0, 0.05) is 19.3 Å². The highest BCUT2D eigenvalue weighted by molar-refractivity contribution is 7.91. The summed E-state index contributed by atoms with van der Waals surface area (Å²) < 4.78 is 25.3. The van der Waals surface area contributed by atoms with Gasteiger partial charge in [-0.25, -0.2) is 13.4 Å². The molecular weight excluding hydrogens is 286 g/mol. The zero-order chi connectivity index (χ0) is 15.8. The molecule has 6 heteroatoms. The van der Waals surface area contributed by atoms with E-state index in [2.05, 4.69) is 11.9 Å². The molecule has 0 aliphatic carbocycles. The van der Waals surface area contributed by atoms with E-state index in [1.54, 1.807) is 13.8 Å². The smallest absolute Gasteiger partial charge is 0.159 e. The Labute approximate surface area is 126 Å². The normalized spacial score (nSPS) is 13.0. The Balaban J connectivity index is 2.76. The number of aryl methyl sites for hydroxylation is 1. The minimum absolute atomic E-state index is 0.446. The molecule has 2 N–H and O–H groups in total. The molecule has 0 amide bonds. The molecule has 0 saturated heterocycles. The van der Waals surface area contributed by atoms with Gasteiger partial charge in [-0.05, 0) is 38.0 Å². The Morgan fingerprint density at radius 2 is 2.00 bits per heavy atom. The van der Waals surface area contributed by atoms with Crippen molar-refractivity contribution in [3.05, 3.63) is 29.6 Å². The number of hydrogen-bond donors (Lipinski definition) is 1. The van der Waals surface area contributed by atoms with Gasteiger partial charge in [0.2, 0.25) is 0 Å². The van der Waals surface area contributed by atoms with Crippen LogP contribution in [0, 0.1) is 0 Å². The molecule has 0 fully saturated rings. The van der Waals surface area contributed by atoms with Crippen molar-refractivity contribution >= 4 is 20.9 Å². The zero-order valence-electron chi connectivity index (χ0n) is 13.0. The van der Waals surface area contributed by atoms with Crippen molar-refractivity contribution in [1.82, 2.24) is 9.55 Å². The fraction of sp³-hybridized carbons (Fsp3) is 0.533. The van der Waals surface area contributed by atoms with Crippen LogP contribution in [0.2, 0.25) is 0 Å². The third-order valence-corrected chi connectivity index (χ3v) is 6.00. The fourth-order valence-electron chi connectivity index (χ4n) is 2.38. The minimum atomic E-state index is -3.27. The molecule has 0 aliphatic rings. The van der Waals surface area contributed by atoms with E-state index in [-0.39, 0.29) is 0 Å². The average Bonchev–Trinajstić information content (AvgIpc) is 2.76. The van der Waals surface area contributed by atoms with Gasteiger partial charge in [-0.2, -0.15) is 0 Å². The van der Waals surface area contributed by atoms with Crippen molar-refractivity contribution in [2.75, 3.05) is 6.26 Å². The van der Waals surface area contributed by atoms with Crippen molar-refractivity contribution in [2.24, 2.45) is 5.73 Å². The van der Waals surface area contributed by atoms with Gasteiger partial charge in [0.1, 0.15) is 10.6 Å². The molecule has 21 heavy (non-hydrogen) atoms. The van der Waals surface area contributed by atoms with E-state index in [0.29, 0.717) is 12.4 Å². The molecule has 116 valence electrons. The standard InChI is InChI=1S/C15H23N3O2S/c1-5-8-18-13-7-6-11(10-16)9-12(13)17-14(18)15(2,3)21(4,19)20/h6-7,9H,5,8,10,16H2,1-4H3. The van der Waals surface area contributed by atoms with E-state index in [9.17, 15) is 8.42 Å². The molecule has 0 saturated carbocycles. The lowest BCUT2D eigenvalue weighted by atomic mass is 10.2. The number of benzene rings is 1. The quantitative estimate of drug-likeness (QED) is 0.918. The SMILES string of the molecule is CCCn1c(C(C)(C)S(C)(=O)=O)nc2cc(CN)ccc21. The molecule has 2 rings (SSSR count). The largest absolute Gasteiger partial charge is 0.327 e. The molecule has 0 spiro atoms. The van der Waals surface area contributed by atoms with E-state index in [4.69, 9.17) is 5.73 Å². The Morgan fingerprint density at radius 3 is 2.52 bits per heavy atom. The van der Waals surface area contributed by atoms with Crippen molar-refractivity contribution < 1.29 is 8.42 Å². The maximum absolute atomic E-state index is 12.1. The molecule has 5 nitrogen and oxygen atoms in total. The second kappa shape index (κ2) is 5.42. The molecule has 0 atom stereocenters. The van der Waals surface area contributed by atoms with Gasteiger partial charge in [0.25, 0.3) is 0 Å². The number of fused-ring (bicyclic) bond motifs is 1. The number of aromatic nitrogens is 2. The summed E-state index contributed by atoms with van der Waals surface area (Å²) in [4.78, 5) is 4.61. The zero-order valence-corrected chi connectivity index (χ0v) is 13.9. The lowest BCUT2D eigenvalue weighted by Gasteiger charge is -2.23. The summed E-state index contributed by atoms with van der Waals surface area (Å²) in [5.41, 5.74) is 8.42. The maximum atomic E-state index is 12.1. The highest BCUT2D eigenvalue weighted by atomic mass is 32.2. The Kier molecular flexibility index (Phi) is 4.13. The van der Waals surface area contributed by atoms with E-state index >= 15 is 0 Å². The van der Waals surface area contributed by atoms with E-state index in [1.165, 1.54) is 6.26 Å². The molecule has 2 aromatic rings. The average molecular weight is 309 g/mol. The van der Waals surface area contributed by atoms with Gasteiger partial charge in [-0.1, -0.05) is 13.0 Å². The summed E-state index contributed by atoms with van der Waals surface area (Å²) in [5, 5.41) is 0. The first-order chi connectivity index (χ1) is 9.72. The fourth-order valence-corrected chi connectivity index (χ4v) is 2.87. The van der Waals surface area contributed by atoms with Gasteiger partial charge in [-0.3, -0.25) is 0 Å². The highest BCUT2D eigenvalue weighted by Crippen LogP contribution is 2.31. The second-order valence-electron chi connectivity index (χ2n) is 5.90. The third kappa shape index (κ3) is 2.70. The minimum Gasteiger partial charge on any atom is -0.327 e. The number of rotatable bonds is 5. The Hall–Kier alpha value is -1.40. The molecule has 0 radical (unpaired) electrons. The van der Waals surface area contributed by atoms with Crippen LogP contribution >= 0.6 is 0 Å².